The molecule has 4 aromatic carbocycles. The lowest BCUT2D eigenvalue weighted by molar-refractivity contribution is -0.147. The first-order valence-corrected chi connectivity index (χ1v) is 19.5. The van der Waals surface area contributed by atoms with Crippen molar-refractivity contribution in [3.63, 3.8) is 0 Å². The number of nitrogens with zero attached hydrogens (tertiary/aromatic N) is 4. The molecule has 2 aliphatic rings. The van der Waals surface area contributed by atoms with Crippen molar-refractivity contribution in [3.05, 3.63) is 134 Å². The van der Waals surface area contributed by atoms with Gasteiger partial charge in [-0.05, 0) is 62.5 Å². The maximum Gasteiger partial charge on any atom is 0.317 e. The highest BCUT2D eigenvalue weighted by Gasteiger charge is 2.30. The number of ether oxygens (including phenoxy) is 3. The van der Waals surface area contributed by atoms with Crippen molar-refractivity contribution in [2.24, 2.45) is 11.8 Å². The lowest BCUT2D eigenvalue weighted by atomic mass is 9.87. The third kappa shape index (κ3) is 10.1. The molecular formula is C47H46N4O6. The van der Waals surface area contributed by atoms with Gasteiger partial charge in [0.25, 0.3) is 0 Å². The lowest BCUT2D eigenvalue weighted by Gasteiger charge is -2.27. The van der Waals surface area contributed by atoms with E-state index in [0.29, 0.717) is 31.3 Å². The molecule has 0 radical (unpaired) electrons. The van der Waals surface area contributed by atoms with Crippen LogP contribution in [0, 0.1) is 11.8 Å². The Morgan fingerprint density at radius 2 is 0.930 bits per heavy atom. The van der Waals surface area contributed by atoms with Gasteiger partial charge >= 0.3 is 24.0 Å². The lowest BCUT2D eigenvalue weighted by Crippen LogP contribution is -2.30. The molecule has 4 atom stereocenters. The number of aliphatic carboxylic acids is 1. The van der Waals surface area contributed by atoms with Crippen LogP contribution in [0.4, 0.5) is 0 Å². The van der Waals surface area contributed by atoms with E-state index in [2.05, 4.69) is 9.97 Å². The third-order valence-corrected chi connectivity index (χ3v) is 10.5. The zero-order chi connectivity index (χ0) is 39.4. The van der Waals surface area contributed by atoms with Gasteiger partial charge < -0.3 is 19.3 Å². The number of carbonyl (C=O) groups is 2. The summed E-state index contributed by atoms with van der Waals surface area (Å²) in [7, 11) is 1.43. The fraction of sp³-hybridized carbons (Fsp3) is 0.277. The minimum atomic E-state index is -0.751. The number of carboxylic acids is 1. The molecule has 2 saturated carbocycles. The zero-order valence-corrected chi connectivity index (χ0v) is 31.9. The Balaban J connectivity index is 0.000000174. The SMILES string of the molecule is COC(=O)[C@H]1CCCC(Oc2ncc(-c3ccccc3)c(-c3ccccc3)n2)C1.O=C(O)[C@H]1CCCC(Oc2ncc(-c3ccccc3)c(-c3ccccc3)n2)C1. The molecule has 0 amide bonds. The molecule has 0 spiro atoms. The molecule has 6 aromatic rings. The van der Waals surface area contributed by atoms with Gasteiger partial charge in [-0.15, -0.1) is 0 Å². The molecule has 2 unspecified atom stereocenters. The average Bonchev–Trinajstić information content (AvgIpc) is 3.27. The fourth-order valence-corrected chi connectivity index (χ4v) is 7.54. The molecule has 290 valence electrons. The number of esters is 1. The molecule has 0 bridgehead atoms. The minimum Gasteiger partial charge on any atom is -0.481 e. The van der Waals surface area contributed by atoms with Crippen LogP contribution in [-0.4, -0.2) is 56.3 Å². The Bertz CT molecular complexity index is 2220. The zero-order valence-electron chi connectivity index (χ0n) is 31.9. The minimum absolute atomic E-state index is 0.0842. The van der Waals surface area contributed by atoms with Crippen LogP contribution in [0.15, 0.2) is 134 Å². The van der Waals surface area contributed by atoms with Gasteiger partial charge in [0.05, 0.1) is 30.3 Å². The molecule has 1 N–H and O–H groups in total. The van der Waals surface area contributed by atoms with Crippen molar-refractivity contribution in [1.82, 2.24) is 19.9 Å². The van der Waals surface area contributed by atoms with E-state index in [9.17, 15) is 14.7 Å². The van der Waals surface area contributed by atoms with E-state index in [4.69, 9.17) is 24.2 Å². The molecule has 0 saturated heterocycles. The average molecular weight is 763 g/mol. The van der Waals surface area contributed by atoms with Crippen molar-refractivity contribution >= 4 is 11.9 Å². The van der Waals surface area contributed by atoms with Crippen LogP contribution in [-0.2, 0) is 14.3 Å². The number of rotatable bonds is 10. The summed E-state index contributed by atoms with van der Waals surface area (Å²) in [6.45, 7) is 0. The standard InChI is InChI=1S/C24H24N2O3.C23H22N2O3/c1-28-23(27)19-13-8-14-20(15-19)29-24-25-16-21(17-9-4-2-5-10-17)22(26-24)18-11-6-3-7-12-18;26-22(27)18-12-7-13-19(14-18)28-23-24-15-20(16-8-3-1-4-9-16)21(25-23)17-10-5-2-6-11-17/h2-7,9-12,16,19-20H,8,13-15H2,1H3;1-6,8-11,15,18-19H,7,12-14H2,(H,26,27)/t19-,20?;18-,19?/m00/s1. The van der Waals surface area contributed by atoms with Crippen molar-refractivity contribution in [2.45, 2.75) is 63.6 Å². The van der Waals surface area contributed by atoms with Crippen LogP contribution in [0.3, 0.4) is 0 Å². The Labute approximate surface area is 333 Å². The quantitative estimate of drug-likeness (QED) is 0.135. The van der Waals surface area contributed by atoms with Gasteiger partial charge in [-0.2, -0.15) is 9.97 Å². The predicted octanol–water partition coefficient (Wildman–Crippen LogP) is 9.75. The van der Waals surface area contributed by atoms with E-state index in [0.717, 1.165) is 76.9 Å². The highest BCUT2D eigenvalue weighted by Crippen LogP contribution is 2.35. The first-order valence-electron chi connectivity index (χ1n) is 19.5. The normalized spacial score (nSPS) is 19.0. The monoisotopic (exact) mass is 762 g/mol. The molecule has 8 rings (SSSR count). The van der Waals surface area contributed by atoms with E-state index in [1.807, 2.05) is 128 Å². The second kappa shape index (κ2) is 18.9. The van der Waals surface area contributed by atoms with Gasteiger partial charge in [-0.3, -0.25) is 9.59 Å². The van der Waals surface area contributed by atoms with Gasteiger partial charge in [-0.1, -0.05) is 121 Å². The molecule has 2 aliphatic carbocycles. The highest BCUT2D eigenvalue weighted by molar-refractivity contribution is 5.81. The van der Waals surface area contributed by atoms with Crippen LogP contribution < -0.4 is 9.47 Å². The topological polar surface area (TPSA) is 134 Å². The van der Waals surface area contributed by atoms with Crippen molar-refractivity contribution in [2.75, 3.05) is 7.11 Å². The van der Waals surface area contributed by atoms with Crippen molar-refractivity contribution in [3.8, 4) is 56.8 Å². The van der Waals surface area contributed by atoms with Crippen molar-refractivity contribution in [1.29, 1.82) is 0 Å². The Morgan fingerprint density at radius 1 is 0.544 bits per heavy atom. The Kier molecular flexibility index (Phi) is 12.9. The summed E-state index contributed by atoms with van der Waals surface area (Å²) in [6, 6.07) is 40.8. The van der Waals surface area contributed by atoms with Gasteiger partial charge in [0.2, 0.25) is 0 Å². The van der Waals surface area contributed by atoms with Crippen LogP contribution in [0.5, 0.6) is 12.0 Å². The number of hydrogen-bond acceptors (Lipinski definition) is 9. The fourth-order valence-electron chi connectivity index (χ4n) is 7.54. The van der Waals surface area contributed by atoms with Gasteiger partial charge in [0, 0.05) is 34.6 Å². The van der Waals surface area contributed by atoms with E-state index >= 15 is 0 Å². The summed E-state index contributed by atoms with van der Waals surface area (Å²) in [5.74, 6) is -1.38. The number of hydrogen-bond donors (Lipinski definition) is 1. The summed E-state index contributed by atoms with van der Waals surface area (Å²) in [5, 5.41) is 9.29. The summed E-state index contributed by atoms with van der Waals surface area (Å²) >= 11 is 0. The van der Waals surface area contributed by atoms with Crippen LogP contribution in [0.2, 0.25) is 0 Å². The maximum absolute atomic E-state index is 11.9. The first-order chi connectivity index (χ1) is 27.9. The summed E-state index contributed by atoms with van der Waals surface area (Å²) in [4.78, 5) is 41.6. The number of benzene rings is 4. The number of methoxy groups -OCH3 is 1. The maximum atomic E-state index is 11.9. The van der Waals surface area contributed by atoms with E-state index in [1.54, 1.807) is 6.20 Å². The number of carboxylic acid groups (broad SMARTS) is 1. The Morgan fingerprint density at radius 3 is 1.33 bits per heavy atom. The molecule has 57 heavy (non-hydrogen) atoms. The predicted molar refractivity (Wildman–Crippen MR) is 218 cm³/mol. The number of carbonyl (C=O) groups excluding carboxylic acids is 1. The highest BCUT2D eigenvalue weighted by atomic mass is 16.5. The molecule has 0 aliphatic heterocycles. The van der Waals surface area contributed by atoms with Crippen molar-refractivity contribution < 1.29 is 28.9 Å². The second-order valence-electron chi connectivity index (χ2n) is 14.4. The van der Waals surface area contributed by atoms with E-state index in [-0.39, 0.29) is 30.0 Å². The largest absolute Gasteiger partial charge is 0.481 e. The van der Waals surface area contributed by atoms with E-state index in [1.165, 1.54) is 7.11 Å². The van der Waals surface area contributed by atoms with Gasteiger partial charge in [0.15, 0.2) is 0 Å². The molecular weight excluding hydrogens is 717 g/mol. The molecule has 2 heterocycles. The summed E-state index contributed by atoms with van der Waals surface area (Å²) in [6.07, 6.45) is 9.53. The smallest absolute Gasteiger partial charge is 0.317 e. The van der Waals surface area contributed by atoms with Crippen LogP contribution in [0.1, 0.15) is 51.4 Å². The van der Waals surface area contributed by atoms with Gasteiger partial charge in [-0.25, -0.2) is 9.97 Å². The van der Waals surface area contributed by atoms with Gasteiger partial charge in [0.1, 0.15) is 12.2 Å². The molecule has 10 heteroatoms. The summed E-state index contributed by atoms with van der Waals surface area (Å²) in [5.41, 5.74) is 7.63. The first kappa shape index (κ1) is 38.8. The van der Waals surface area contributed by atoms with Crippen LogP contribution >= 0.6 is 0 Å². The molecule has 10 nitrogen and oxygen atoms in total. The summed E-state index contributed by atoms with van der Waals surface area (Å²) < 4.78 is 17.0. The van der Waals surface area contributed by atoms with E-state index < -0.39 is 5.97 Å². The Hall–Kier alpha value is -6.42. The molecule has 2 aromatic heterocycles. The molecule has 2 fully saturated rings. The number of aromatic nitrogens is 4. The van der Waals surface area contributed by atoms with Crippen LogP contribution in [0.25, 0.3) is 44.8 Å². The second-order valence-corrected chi connectivity index (χ2v) is 14.4. The third-order valence-electron chi connectivity index (χ3n) is 10.5.